The molecule has 4 rings (SSSR count). The molecule has 3 aromatic rings. The van der Waals surface area contributed by atoms with Gasteiger partial charge < -0.3 is 9.80 Å². The van der Waals surface area contributed by atoms with Crippen molar-refractivity contribution in [3.63, 3.8) is 0 Å². The summed E-state index contributed by atoms with van der Waals surface area (Å²) in [7, 11) is 0. The van der Waals surface area contributed by atoms with Crippen LogP contribution in [0, 0.1) is 0 Å². The first kappa shape index (κ1) is 17.0. The Morgan fingerprint density at radius 1 is 1.12 bits per heavy atom. The lowest BCUT2D eigenvalue weighted by atomic mass is 10.2. The fraction of sp³-hybridized carbons (Fsp3) is 0.300. The van der Waals surface area contributed by atoms with Crippen LogP contribution in [0.25, 0.3) is 0 Å². The van der Waals surface area contributed by atoms with Crippen LogP contribution in [0.2, 0.25) is 0 Å². The molecule has 5 nitrogen and oxygen atoms in total. The van der Waals surface area contributed by atoms with E-state index in [1.54, 1.807) is 22.4 Å². The molecular weight excluding hydrogens is 344 g/mol. The molecule has 0 saturated carbocycles. The summed E-state index contributed by atoms with van der Waals surface area (Å²) < 4.78 is 1.83. The second-order valence-corrected chi connectivity index (χ2v) is 7.54. The predicted octanol–water partition coefficient (Wildman–Crippen LogP) is 1.53. The number of benzene rings is 1. The fourth-order valence-corrected chi connectivity index (χ4v) is 4.07. The van der Waals surface area contributed by atoms with E-state index in [1.165, 1.54) is 11.1 Å². The molecule has 0 unspecified atom stereocenters. The quantitative estimate of drug-likeness (QED) is 0.743. The number of hydrogen-bond donors (Lipinski definition) is 1. The van der Waals surface area contributed by atoms with Gasteiger partial charge in [0.05, 0.1) is 44.5 Å². The number of nitrogens with one attached hydrogen (secondary N) is 1. The molecule has 0 radical (unpaired) electrons. The third kappa shape index (κ3) is 4.03. The van der Waals surface area contributed by atoms with Gasteiger partial charge in [-0.1, -0.05) is 30.3 Å². The van der Waals surface area contributed by atoms with Gasteiger partial charge in [0.25, 0.3) is 5.91 Å². The predicted molar refractivity (Wildman–Crippen MR) is 102 cm³/mol. The number of carbonyl (C=O) groups excluding carboxylic acids is 1. The zero-order valence-corrected chi connectivity index (χ0v) is 15.5. The monoisotopic (exact) mass is 367 g/mol. The number of rotatable bonds is 5. The molecule has 6 heteroatoms. The molecule has 0 spiro atoms. The van der Waals surface area contributed by atoms with Crippen molar-refractivity contribution < 1.29 is 9.69 Å². The highest BCUT2D eigenvalue weighted by Crippen LogP contribution is 2.08. The molecule has 1 aliphatic heterocycles. The second kappa shape index (κ2) is 7.85. The molecule has 1 fully saturated rings. The summed E-state index contributed by atoms with van der Waals surface area (Å²) in [6, 6.07) is 12.4. The van der Waals surface area contributed by atoms with Crippen LogP contribution < -0.4 is 4.90 Å². The summed E-state index contributed by atoms with van der Waals surface area (Å²) in [6.07, 6.45) is 3.55. The largest absolute Gasteiger partial charge is 0.328 e. The van der Waals surface area contributed by atoms with E-state index in [9.17, 15) is 4.79 Å². The van der Waals surface area contributed by atoms with E-state index in [1.807, 2.05) is 34.0 Å². The first-order valence-electron chi connectivity index (χ1n) is 8.98. The molecule has 134 valence electrons. The van der Waals surface area contributed by atoms with Crippen molar-refractivity contribution in [2.75, 3.05) is 26.2 Å². The molecule has 2 aromatic heterocycles. The van der Waals surface area contributed by atoms with Gasteiger partial charge in [-0.3, -0.25) is 9.48 Å². The number of hydrogen-bond acceptors (Lipinski definition) is 3. The molecule has 1 saturated heterocycles. The zero-order valence-electron chi connectivity index (χ0n) is 14.7. The number of amides is 1. The van der Waals surface area contributed by atoms with E-state index in [4.69, 9.17) is 0 Å². The highest BCUT2D eigenvalue weighted by atomic mass is 32.1. The summed E-state index contributed by atoms with van der Waals surface area (Å²) in [5.74, 6) is 0.0962. The molecular formula is C20H23N4OS+. The van der Waals surface area contributed by atoms with Gasteiger partial charge in [-0.15, -0.1) is 0 Å². The average molecular weight is 367 g/mol. The van der Waals surface area contributed by atoms with Crippen LogP contribution in [-0.2, 0) is 13.1 Å². The Labute approximate surface area is 157 Å². The van der Waals surface area contributed by atoms with Crippen LogP contribution in [0.5, 0.6) is 0 Å². The van der Waals surface area contributed by atoms with Crippen molar-refractivity contribution in [3.05, 3.63) is 76.2 Å². The summed E-state index contributed by atoms with van der Waals surface area (Å²) in [5, 5.41) is 8.70. The maximum atomic E-state index is 12.8. The van der Waals surface area contributed by atoms with Crippen molar-refractivity contribution in [1.82, 2.24) is 14.7 Å². The Balaban J connectivity index is 1.32. The van der Waals surface area contributed by atoms with E-state index in [-0.39, 0.29) is 5.91 Å². The minimum absolute atomic E-state index is 0.0962. The SMILES string of the molecule is O=C(c1cnn(Cc2ccccc2)c1)N1CC[NH+](Cc2ccsc2)CC1. The van der Waals surface area contributed by atoms with Gasteiger partial charge >= 0.3 is 0 Å². The zero-order chi connectivity index (χ0) is 17.8. The minimum Gasteiger partial charge on any atom is -0.328 e. The fourth-order valence-electron chi connectivity index (χ4n) is 3.40. The van der Waals surface area contributed by atoms with Crippen LogP contribution >= 0.6 is 11.3 Å². The molecule has 0 aliphatic carbocycles. The lowest BCUT2D eigenvalue weighted by molar-refractivity contribution is -0.917. The van der Waals surface area contributed by atoms with Crippen LogP contribution in [0.4, 0.5) is 0 Å². The van der Waals surface area contributed by atoms with Crippen molar-refractivity contribution >= 4 is 17.2 Å². The Hall–Kier alpha value is -2.44. The normalized spacial score (nSPS) is 15.3. The minimum atomic E-state index is 0.0962. The molecule has 1 N–H and O–H groups in total. The first-order valence-corrected chi connectivity index (χ1v) is 9.92. The third-order valence-electron chi connectivity index (χ3n) is 4.86. The lowest BCUT2D eigenvalue weighted by Gasteiger charge is -2.31. The standard InChI is InChI=1S/C20H22N4OS/c25-20(19-12-21-24(15-19)14-17-4-2-1-3-5-17)23-9-7-22(8-10-23)13-18-6-11-26-16-18/h1-6,11-12,15-16H,7-10,13-14H2/p+1. The summed E-state index contributed by atoms with van der Waals surface area (Å²) in [4.78, 5) is 16.3. The number of piperazine rings is 1. The third-order valence-corrected chi connectivity index (χ3v) is 5.59. The lowest BCUT2D eigenvalue weighted by Crippen LogP contribution is -3.13. The summed E-state index contributed by atoms with van der Waals surface area (Å²) in [5.41, 5.74) is 3.26. The van der Waals surface area contributed by atoms with Crippen molar-refractivity contribution in [1.29, 1.82) is 0 Å². The molecule has 1 amide bonds. The molecule has 3 heterocycles. The van der Waals surface area contributed by atoms with Gasteiger partial charge in [-0.2, -0.15) is 16.4 Å². The van der Waals surface area contributed by atoms with Crippen molar-refractivity contribution in [2.24, 2.45) is 0 Å². The van der Waals surface area contributed by atoms with Crippen LogP contribution in [0.3, 0.4) is 0 Å². The van der Waals surface area contributed by atoms with Crippen LogP contribution in [-0.4, -0.2) is 46.8 Å². The highest BCUT2D eigenvalue weighted by molar-refractivity contribution is 7.07. The molecule has 1 aromatic carbocycles. The summed E-state index contributed by atoms with van der Waals surface area (Å²) in [6.45, 7) is 5.36. The molecule has 0 atom stereocenters. The second-order valence-electron chi connectivity index (χ2n) is 6.76. The van der Waals surface area contributed by atoms with E-state index in [2.05, 4.69) is 34.1 Å². The molecule has 1 aliphatic rings. The van der Waals surface area contributed by atoms with Crippen molar-refractivity contribution in [3.8, 4) is 0 Å². The van der Waals surface area contributed by atoms with Gasteiger partial charge in [-0.25, -0.2) is 0 Å². The molecule has 0 bridgehead atoms. The van der Waals surface area contributed by atoms with Crippen LogP contribution in [0.1, 0.15) is 21.5 Å². The van der Waals surface area contributed by atoms with Gasteiger partial charge in [0.2, 0.25) is 0 Å². The maximum Gasteiger partial charge on any atom is 0.257 e. The van der Waals surface area contributed by atoms with E-state index >= 15 is 0 Å². The van der Waals surface area contributed by atoms with Gasteiger partial charge in [0, 0.05) is 11.8 Å². The van der Waals surface area contributed by atoms with E-state index in [0.29, 0.717) is 12.1 Å². The number of carbonyl (C=O) groups is 1. The summed E-state index contributed by atoms with van der Waals surface area (Å²) >= 11 is 1.75. The first-order chi connectivity index (χ1) is 12.8. The Morgan fingerprint density at radius 3 is 2.65 bits per heavy atom. The Bertz CT molecular complexity index is 836. The Morgan fingerprint density at radius 2 is 1.92 bits per heavy atom. The number of thiophene rings is 1. The van der Waals surface area contributed by atoms with Crippen LogP contribution in [0.15, 0.2) is 59.6 Å². The average Bonchev–Trinajstić information content (AvgIpc) is 3.35. The van der Waals surface area contributed by atoms with E-state index in [0.717, 1.165) is 32.7 Å². The smallest absolute Gasteiger partial charge is 0.257 e. The van der Waals surface area contributed by atoms with Crippen molar-refractivity contribution in [2.45, 2.75) is 13.1 Å². The number of nitrogens with zero attached hydrogens (tertiary/aromatic N) is 3. The van der Waals surface area contributed by atoms with Gasteiger partial charge in [-0.05, 0) is 22.4 Å². The van der Waals surface area contributed by atoms with Gasteiger partial charge in [0.15, 0.2) is 0 Å². The maximum absolute atomic E-state index is 12.8. The van der Waals surface area contributed by atoms with Gasteiger partial charge in [0.1, 0.15) is 6.54 Å². The Kier molecular flexibility index (Phi) is 5.13. The van der Waals surface area contributed by atoms with E-state index < -0.39 is 0 Å². The number of quaternary nitrogens is 1. The topological polar surface area (TPSA) is 42.6 Å². The number of aromatic nitrogens is 2. The highest BCUT2D eigenvalue weighted by Gasteiger charge is 2.25. The molecule has 26 heavy (non-hydrogen) atoms.